The van der Waals surface area contributed by atoms with E-state index in [2.05, 4.69) is 41.8 Å². The number of anilines is 3. The summed E-state index contributed by atoms with van der Waals surface area (Å²) in [6.45, 7) is 1.98. The van der Waals surface area contributed by atoms with E-state index in [1.54, 1.807) is 10.3 Å². The van der Waals surface area contributed by atoms with E-state index in [1.807, 2.05) is 55.5 Å². The molecular formula is C19H21IN5P. The highest BCUT2D eigenvalue weighted by Gasteiger charge is 2.03. The van der Waals surface area contributed by atoms with Gasteiger partial charge in [0, 0.05) is 5.69 Å². The van der Waals surface area contributed by atoms with Gasteiger partial charge in [0.25, 0.3) is 0 Å². The van der Waals surface area contributed by atoms with Crippen LogP contribution in [0.5, 0.6) is 0 Å². The predicted octanol–water partition coefficient (Wildman–Crippen LogP) is 4.09. The molecule has 0 bridgehead atoms. The molecule has 0 aliphatic rings. The summed E-state index contributed by atoms with van der Waals surface area (Å²) in [7, 11) is 2.55. The molecule has 0 aliphatic carbocycles. The molecule has 5 nitrogen and oxygen atoms in total. The Morgan fingerprint density at radius 1 is 0.923 bits per heavy atom. The van der Waals surface area contributed by atoms with Gasteiger partial charge in [0.05, 0.1) is 32.4 Å². The Balaban J connectivity index is 0.000000254. The number of nitrogens with two attached hydrogens (primary N) is 3. The Morgan fingerprint density at radius 2 is 1.58 bits per heavy atom. The molecule has 1 aromatic heterocycles. The molecule has 0 fully saturated rings. The summed E-state index contributed by atoms with van der Waals surface area (Å²) in [4.78, 5) is 8.30. The van der Waals surface area contributed by atoms with E-state index in [-0.39, 0.29) is 0 Å². The highest BCUT2D eigenvalue weighted by atomic mass is 127. The van der Waals surface area contributed by atoms with Crippen molar-refractivity contribution in [3.05, 3.63) is 60.3 Å². The standard InChI is InChI=1S/C13H13IN4.C6H8NP/c14-7-18-13-4-2-9(6-12(13)17)8-1-3-10(15)11(16)5-8;1-5-3-2-4-6(8)7-5/h1-7H,15-17H2;2-4H,8H2,1H3. The SMILES string of the molecule is Cc1cccc(P)n1.Nc1ccc(-c2ccc(N=CI)c(N)c2)cc1N. The first-order valence-electron chi connectivity index (χ1n) is 7.77. The summed E-state index contributed by atoms with van der Waals surface area (Å²) in [5.41, 5.74) is 24.0. The zero-order valence-corrected chi connectivity index (χ0v) is 17.7. The van der Waals surface area contributed by atoms with E-state index in [1.165, 1.54) is 0 Å². The second-order valence-electron chi connectivity index (χ2n) is 5.55. The number of hydrogen-bond donors (Lipinski definition) is 3. The number of rotatable bonds is 2. The number of aryl methyl sites for hydroxylation is 1. The van der Waals surface area contributed by atoms with Crippen LogP contribution in [0.25, 0.3) is 11.1 Å². The average Bonchev–Trinajstić information content (AvgIpc) is 2.60. The van der Waals surface area contributed by atoms with Gasteiger partial charge in [-0.2, -0.15) is 0 Å². The van der Waals surface area contributed by atoms with Crippen LogP contribution in [0.1, 0.15) is 5.69 Å². The maximum absolute atomic E-state index is 5.94. The summed E-state index contributed by atoms with van der Waals surface area (Å²) in [5.74, 6) is 0. The maximum Gasteiger partial charge on any atom is 0.0864 e. The van der Waals surface area contributed by atoms with Crippen molar-refractivity contribution in [2.45, 2.75) is 6.92 Å². The van der Waals surface area contributed by atoms with E-state index < -0.39 is 0 Å². The van der Waals surface area contributed by atoms with E-state index >= 15 is 0 Å². The van der Waals surface area contributed by atoms with Crippen molar-refractivity contribution in [2.75, 3.05) is 17.2 Å². The van der Waals surface area contributed by atoms with Crippen molar-refractivity contribution in [1.29, 1.82) is 0 Å². The van der Waals surface area contributed by atoms with Crippen LogP contribution >= 0.6 is 31.8 Å². The zero-order chi connectivity index (χ0) is 19.1. The smallest absolute Gasteiger partial charge is 0.0864 e. The van der Waals surface area contributed by atoms with Crippen LogP contribution in [0.3, 0.4) is 0 Å². The quantitative estimate of drug-likeness (QED) is 0.224. The Hall–Kier alpha value is -2.18. The normalized spacial score (nSPS) is 10.4. The Labute approximate surface area is 169 Å². The van der Waals surface area contributed by atoms with Crippen molar-refractivity contribution in [1.82, 2.24) is 4.98 Å². The lowest BCUT2D eigenvalue weighted by atomic mass is 10.0. The summed E-state index contributed by atoms with van der Waals surface area (Å²) in [6.07, 6.45) is 0. The molecule has 0 radical (unpaired) electrons. The third kappa shape index (κ3) is 5.68. The number of benzene rings is 2. The topological polar surface area (TPSA) is 103 Å². The largest absolute Gasteiger partial charge is 0.397 e. The third-order valence-corrected chi connectivity index (χ3v) is 4.15. The van der Waals surface area contributed by atoms with E-state index in [9.17, 15) is 0 Å². The lowest BCUT2D eigenvalue weighted by Gasteiger charge is -2.07. The number of aliphatic imine (C=N–C) groups is 1. The second-order valence-corrected chi connectivity index (χ2v) is 6.70. The van der Waals surface area contributed by atoms with Gasteiger partial charge >= 0.3 is 0 Å². The highest BCUT2D eigenvalue weighted by molar-refractivity contribution is 14.1. The predicted molar refractivity (Wildman–Crippen MR) is 126 cm³/mol. The molecule has 3 rings (SSSR count). The average molecular weight is 477 g/mol. The highest BCUT2D eigenvalue weighted by Crippen LogP contribution is 2.30. The van der Waals surface area contributed by atoms with E-state index in [4.69, 9.17) is 17.2 Å². The van der Waals surface area contributed by atoms with Gasteiger partial charge in [-0.1, -0.05) is 27.4 Å². The fraction of sp³-hybridized carbons (Fsp3) is 0.0526. The van der Waals surface area contributed by atoms with Gasteiger partial charge in [0.15, 0.2) is 0 Å². The van der Waals surface area contributed by atoms with Gasteiger partial charge in [-0.05, 0) is 77.0 Å². The number of hydrogen-bond acceptors (Lipinski definition) is 5. The molecule has 3 aromatic rings. The minimum Gasteiger partial charge on any atom is -0.397 e. The third-order valence-electron chi connectivity index (χ3n) is 3.55. The molecular weight excluding hydrogens is 456 g/mol. The van der Waals surface area contributed by atoms with Crippen molar-refractivity contribution in [3.63, 3.8) is 0 Å². The molecule has 1 atom stereocenters. The van der Waals surface area contributed by atoms with Gasteiger partial charge < -0.3 is 17.2 Å². The van der Waals surface area contributed by atoms with Crippen LogP contribution in [0, 0.1) is 6.92 Å². The minimum absolute atomic E-state index is 0.570. The molecule has 0 saturated heterocycles. The summed E-state index contributed by atoms with van der Waals surface area (Å²) in [6, 6.07) is 17.2. The molecule has 0 aliphatic heterocycles. The number of pyridine rings is 1. The second kappa shape index (κ2) is 9.50. The molecule has 2 aromatic carbocycles. The molecule has 134 valence electrons. The van der Waals surface area contributed by atoms with Crippen molar-refractivity contribution < 1.29 is 0 Å². The number of aromatic nitrogens is 1. The van der Waals surface area contributed by atoms with Crippen LogP contribution in [0.2, 0.25) is 0 Å². The Morgan fingerprint density at radius 3 is 2.08 bits per heavy atom. The monoisotopic (exact) mass is 477 g/mol. The van der Waals surface area contributed by atoms with E-state index in [0.29, 0.717) is 17.1 Å². The van der Waals surface area contributed by atoms with Crippen LogP contribution < -0.4 is 22.6 Å². The Kier molecular flexibility index (Phi) is 7.36. The van der Waals surface area contributed by atoms with Crippen LogP contribution in [0.15, 0.2) is 59.6 Å². The van der Waals surface area contributed by atoms with Crippen LogP contribution in [0.4, 0.5) is 22.7 Å². The first-order valence-corrected chi connectivity index (χ1v) is 9.60. The molecule has 0 saturated carbocycles. The fourth-order valence-corrected chi connectivity index (χ4v) is 2.84. The lowest BCUT2D eigenvalue weighted by molar-refractivity contribution is 1.24. The molecule has 1 unspecified atom stereocenters. The molecule has 26 heavy (non-hydrogen) atoms. The van der Waals surface area contributed by atoms with Crippen LogP contribution in [-0.2, 0) is 0 Å². The zero-order valence-electron chi connectivity index (χ0n) is 14.4. The summed E-state index contributed by atoms with van der Waals surface area (Å²) < 4.78 is 1.68. The van der Waals surface area contributed by atoms with E-state index in [0.717, 1.165) is 27.9 Å². The number of nitrogen functional groups attached to an aromatic ring is 3. The lowest BCUT2D eigenvalue weighted by Crippen LogP contribution is -1.96. The molecule has 0 amide bonds. The van der Waals surface area contributed by atoms with Crippen LogP contribution in [-0.4, -0.2) is 9.21 Å². The van der Waals surface area contributed by atoms with Crippen molar-refractivity contribution in [2.24, 2.45) is 4.99 Å². The molecule has 6 N–H and O–H groups in total. The Bertz CT molecular complexity index is 910. The number of nitrogens with zero attached hydrogens (tertiary/aromatic N) is 2. The molecule has 1 heterocycles. The fourth-order valence-electron chi connectivity index (χ4n) is 2.22. The first kappa shape index (κ1) is 20.1. The van der Waals surface area contributed by atoms with Gasteiger partial charge in [0.2, 0.25) is 0 Å². The molecule has 0 spiro atoms. The summed E-state index contributed by atoms with van der Waals surface area (Å²) in [5, 5.41) is 0. The van der Waals surface area contributed by atoms with Crippen molar-refractivity contribution in [3.8, 4) is 11.1 Å². The van der Waals surface area contributed by atoms with Crippen molar-refractivity contribution >= 4 is 64.2 Å². The van der Waals surface area contributed by atoms with Gasteiger partial charge in [-0.25, -0.2) is 4.99 Å². The molecule has 7 heteroatoms. The maximum atomic E-state index is 5.94. The van der Waals surface area contributed by atoms with Gasteiger partial charge in [-0.3, -0.25) is 4.98 Å². The number of halogens is 1. The van der Waals surface area contributed by atoms with Gasteiger partial charge in [0.1, 0.15) is 0 Å². The first-order chi connectivity index (χ1) is 12.4. The summed E-state index contributed by atoms with van der Waals surface area (Å²) >= 11 is 2.06. The van der Waals surface area contributed by atoms with Gasteiger partial charge in [-0.15, -0.1) is 0 Å². The minimum atomic E-state index is 0.570.